The molecule has 6 nitrogen and oxygen atoms in total. The summed E-state index contributed by atoms with van der Waals surface area (Å²) in [6.45, 7) is 0.775. The maximum Gasteiger partial charge on any atom is 0.224 e. The third kappa shape index (κ3) is 2.69. The Balaban J connectivity index is 1.73. The predicted octanol–water partition coefficient (Wildman–Crippen LogP) is 2.41. The van der Waals surface area contributed by atoms with Gasteiger partial charge in [0, 0.05) is 11.4 Å². The SMILES string of the molecule is Nc1nc(NCCc2ccc(Br)s2)c2[nH]cnc2n1. The summed E-state index contributed by atoms with van der Waals surface area (Å²) in [7, 11) is 0. The fraction of sp³-hybridized carbons (Fsp3) is 0.182. The minimum absolute atomic E-state index is 0.223. The van der Waals surface area contributed by atoms with E-state index in [1.165, 1.54) is 4.88 Å². The van der Waals surface area contributed by atoms with E-state index in [1.807, 2.05) is 0 Å². The topological polar surface area (TPSA) is 92.5 Å². The number of H-pyrrole nitrogens is 1. The summed E-state index contributed by atoms with van der Waals surface area (Å²) >= 11 is 5.18. The van der Waals surface area contributed by atoms with Crippen LogP contribution in [0.1, 0.15) is 4.88 Å². The second-order valence-electron chi connectivity index (χ2n) is 3.91. The molecule has 0 radical (unpaired) electrons. The van der Waals surface area contributed by atoms with Crippen LogP contribution in [-0.4, -0.2) is 26.5 Å². The molecule has 19 heavy (non-hydrogen) atoms. The lowest BCUT2D eigenvalue weighted by Gasteiger charge is -2.05. The molecule has 3 aromatic heterocycles. The van der Waals surface area contributed by atoms with E-state index in [2.05, 4.69) is 53.3 Å². The maximum absolute atomic E-state index is 5.65. The number of halogens is 1. The Morgan fingerprint density at radius 2 is 2.26 bits per heavy atom. The van der Waals surface area contributed by atoms with E-state index in [1.54, 1.807) is 17.7 Å². The minimum Gasteiger partial charge on any atom is -0.368 e. The Labute approximate surface area is 121 Å². The van der Waals surface area contributed by atoms with Gasteiger partial charge in [-0.05, 0) is 34.5 Å². The van der Waals surface area contributed by atoms with Gasteiger partial charge in [-0.2, -0.15) is 9.97 Å². The molecule has 3 rings (SSSR count). The first-order chi connectivity index (χ1) is 9.22. The smallest absolute Gasteiger partial charge is 0.224 e. The Kier molecular flexibility index (Phi) is 3.34. The maximum atomic E-state index is 5.65. The molecular weight excluding hydrogens is 328 g/mol. The largest absolute Gasteiger partial charge is 0.368 e. The molecule has 8 heteroatoms. The van der Waals surface area contributed by atoms with Crippen LogP contribution in [0.15, 0.2) is 22.2 Å². The minimum atomic E-state index is 0.223. The van der Waals surface area contributed by atoms with Crippen LogP contribution in [0.5, 0.6) is 0 Å². The van der Waals surface area contributed by atoms with Crippen LogP contribution in [-0.2, 0) is 6.42 Å². The summed E-state index contributed by atoms with van der Waals surface area (Å²) in [5.74, 6) is 0.914. The molecule has 0 bridgehead atoms. The first-order valence-electron chi connectivity index (χ1n) is 5.67. The van der Waals surface area contributed by atoms with Gasteiger partial charge in [-0.3, -0.25) is 0 Å². The molecule has 0 atom stereocenters. The number of fused-ring (bicyclic) bond motifs is 1. The van der Waals surface area contributed by atoms with Crippen molar-refractivity contribution in [1.82, 2.24) is 19.9 Å². The van der Waals surface area contributed by atoms with Gasteiger partial charge < -0.3 is 16.0 Å². The molecule has 0 saturated carbocycles. The molecule has 0 saturated heterocycles. The van der Waals surface area contributed by atoms with E-state index in [-0.39, 0.29) is 5.95 Å². The van der Waals surface area contributed by atoms with E-state index in [9.17, 15) is 0 Å². The van der Waals surface area contributed by atoms with Gasteiger partial charge in [0.15, 0.2) is 11.5 Å². The zero-order valence-electron chi connectivity index (χ0n) is 9.85. The Morgan fingerprint density at radius 1 is 1.37 bits per heavy atom. The molecule has 0 aromatic carbocycles. The first-order valence-corrected chi connectivity index (χ1v) is 7.28. The van der Waals surface area contributed by atoms with E-state index >= 15 is 0 Å². The van der Waals surface area contributed by atoms with Crippen molar-refractivity contribution in [2.75, 3.05) is 17.6 Å². The first kappa shape index (κ1) is 12.4. The number of nitrogens with two attached hydrogens (primary N) is 1. The monoisotopic (exact) mass is 338 g/mol. The summed E-state index contributed by atoms with van der Waals surface area (Å²) in [6, 6.07) is 4.16. The van der Waals surface area contributed by atoms with Crippen LogP contribution in [0.25, 0.3) is 11.2 Å². The molecule has 3 heterocycles. The van der Waals surface area contributed by atoms with Crippen LogP contribution in [0.4, 0.5) is 11.8 Å². The standard InChI is InChI=1S/C11H11BrN6S/c12-7-2-1-6(19-7)3-4-14-9-8-10(16-5-15-8)18-11(13)17-9/h1-2,5H,3-4H2,(H4,13,14,15,16,17,18). The van der Waals surface area contributed by atoms with Gasteiger partial charge in [0.25, 0.3) is 0 Å². The van der Waals surface area contributed by atoms with Crippen molar-refractivity contribution in [2.24, 2.45) is 0 Å². The fourth-order valence-electron chi connectivity index (χ4n) is 1.77. The number of rotatable bonds is 4. The van der Waals surface area contributed by atoms with Gasteiger partial charge in [0.05, 0.1) is 10.1 Å². The fourth-order valence-corrected chi connectivity index (χ4v) is 3.25. The highest BCUT2D eigenvalue weighted by atomic mass is 79.9. The number of imidazole rings is 1. The van der Waals surface area contributed by atoms with Gasteiger partial charge in [0.1, 0.15) is 5.52 Å². The highest BCUT2D eigenvalue weighted by molar-refractivity contribution is 9.11. The lowest BCUT2D eigenvalue weighted by Crippen LogP contribution is -2.08. The van der Waals surface area contributed by atoms with Gasteiger partial charge in [0.2, 0.25) is 5.95 Å². The molecule has 0 unspecified atom stereocenters. The average Bonchev–Trinajstić information content (AvgIpc) is 2.98. The van der Waals surface area contributed by atoms with Crippen molar-refractivity contribution in [3.8, 4) is 0 Å². The molecule has 4 N–H and O–H groups in total. The van der Waals surface area contributed by atoms with Crippen molar-refractivity contribution < 1.29 is 0 Å². The number of nitrogens with zero attached hydrogens (tertiary/aromatic N) is 3. The number of thiophene rings is 1. The highest BCUT2D eigenvalue weighted by Crippen LogP contribution is 2.23. The molecule has 0 aliphatic carbocycles. The highest BCUT2D eigenvalue weighted by Gasteiger charge is 2.08. The van der Waals surface area contributed by atoms with Gasteiger partial charge in [-0.15, -0.1) is 11.3 Å². The normalized spacial score (nSPS) is 11.0. The summed E-state index contributed by atoms with van der Waals surface area (Å²) in [5.41, 5.74) is 7.01. The van der Waals surface area contributed by atoms with Crippen molar-refractivity contribution >= 4 is 50.2 Å². The lowest BCUT2D eigenvalue weighted by molar-refractivity contribution is 1.03. The molecule has 0 spiro atoms. The number of nitrogen functional groups attached to an aromatic ring is 1. The second kappa shape index (κ2) is 5.14. The Morgan fingerprint density at radius 3 is 3.05 bits per heavy atom. The molecule has 98 valence electrons. The summed E-state index contributed by atoms with van der Waals surface area (Å²) in [6.07, 6.45) is 2.51. The number of hydrogen-bond acceptors (Lipinski definition) is 6. The van der Waals surface area contributed by atoms with Gasteiger partial charge in [-0.25, -0.2) is 4.98 Å². The molecular formula is C11H11BrN6S. The average molecular weight is 339 g/mol. The number of aromatic amines is 1. The number of nitrogens with one attached hydrogen (secondary N) is 2. The van der Waals surface area contributed by atoms with Crippen molar-refractivity contribution in [1.29, 1.82) is 0 Å². The third-order valence-electron chi connectivity index (χ3n) is 2.60. The second-order valence-corrected chi connectivity index (χ2v) is 6.46. The predicted molar refractivity (Wildman–Crippen MR) is 80.3 cm³/mol. The molecule has 0 aliphatic heterocycles. The summed E-state index contributed by atoms with van der Waals surface area (Å²) < 4.78 is 1.14. The molecule has 0 fully saturated rings. The number of aromatic nitrogens is 4. The summed E-state index contributed by atoms with van der Waals surface area (Å²) in [4.78, 5) is 16.6. The number of anilines is 2. The van der Waals surface area contributed by atoms with Gasteiger partial charge >= 0.3 is 0 Å². The van der Waals surface area contributed by atoms with Crippen LogP contribution < -0.4 is 11.1 Å². The third-order valence-corrected chi connectivity index (χ3v) is 4.28. The van der Waals surface area contributed by atoms with E-state index < -0.39 is 0 Å². The summed E-state index contributed by atoms with van der Waals surface area (Å²) in [5, 5.41) is 3.26. The number of hydrogen-bond donors (Lipinski definition) is 3. The van der Waals surface area contributed by atoms with E-state index in [4.69, 9.17) is 5.73 Å². The zero-order valence-corrected chi connectivity index (χ0v) is 12.3. The van der Waals surface area contributed by atoms with E-state index in [0.29, 0.717) is 11.5 Å². The van der Waals surface area contributed by atoms with Crippen molar-refractivity contribution in [3.63, 3.8) is 0 Å². The zero-order chi connectivity index (χ0) is 13.2. The molecule has 0 aliphatic rings. The van der Waals surface area contributed by atoms with Crippen LogP contribution >= 0.6 is 27.3 Å². The van der Waals surface area contributed by atoms with Gasteiger partial charge in [-0.1, -0.05) is 0 Å². The van der Waals surface area contributed by atoms with Crippen LogP contribution in [0.2, 0.25) is 0 Å². The van der Waals surface area contributed by atoms with Crippen LogP contribution in [0, 0.1) is 0 Å². The van der Waals surface area contributed by atoms with E-state index in [0.717, 1.165) is 22.3 Å². The van der Waals surface area contributed by atoms with Crippen LogP contribution in [0.3, 0.4) is 0 Å². The Hall–Kier alpha value is -1.67. The van der Waals surface area contributed by atoms with Crippen molar-refractivity contribution in [3.05, 3.63) is 27.1 Å². The Bertz CT molecular complexity index is 706. The molecule has 0 amide bonds. The lowest BCUT2D eigenvalue weighted by atomic mass is 10.3. The molecule has 3 aromatic rings. The quantitative estimate of drug-likeness (QED) is 0.679. The van der Waals surface area contributed by atoms with Crippen molar-refractivity contribution in [2.45, 2.75) is 6.42 Å².